The Morgan fingerprint density at radius 2 is 1.75 bits per heavy atom. The molecule has 0 atom stereocenters. The summed E-state index contributed by atoms with van der Waals surface area (Å²) in [6.07, 6.45) is 6.15. The van der Waals surface area contributed by atoms with E-state index in [0.717, 1.165) is 22.4 Å². The predicted molar refractivity (Wildman–Crippen MR) is 83.7 cm³/mol. The molecule has 1 aliphatic carbocycles. The fourth-order valence-electron chi connectivity index (χ4n) is 2.31. The van der Waals surface area contributed by atoms with Crippen LogP contribution in [-0.2, 0) is 7.05 Å². The lowest BCUT2D eigenvalue weighted by molar-refractivity contribution is 0.910. The van der Waals surface area contributed by atoms with E-state index in [0.29, 0.717) is 0 Å². The molecular weight excluding hydrogens is 246 g/mol. The van der Waals surface area contributed by atoms with E-state index in [1.165, 1.54) is 0 Å². The number of hydrogen-bond acceptors (Lipinski definition) is 1. The predicted octanol–water partition coefficient (Wildman–Crippen LogP) is 3.66. The van der Waals surface area contributed by atoms with Crippen molar-refractivity contribution in [3.63, 3.8) is 0 Å². The maximum atomic E-state index is 11.5. The summed E-state index contributed by atoms with van der Waals surface area (Å²) in [7, 11) is 1.95. The Kier molecular flexibility index (Phi) is 3.21. The molecule has 0 amide bonds. The summed E-state index contributed by atoms with van der Waals surface area (Å²) < 4.78 is 1.97. The van der Waals surface area contributed by atoms with Crippen LogP contribution in [0, 0.1) is 0 Å². The first-order valence-corrected chi connectivity index (χ1v) is 6.56. The normalized spacial score (nSPS) is 11.2. The third-order valence-electron chi connectivity index (χ3n) is 3.39. The van der Waals surface area contributed by atoms with E-state index < -0.39 is 0 Å². The van der Waals surface area contributed by atoms with Gasteiger partial charge in [0.15, 0.2) is 5.43 Å². The fourth-order valence-corrected chi connectivity index (χ4v) is 2.31. The number of aryl methyl sites for hydroxylation is 1. The molecule has 0 saturated carbocycles. The zero-order valence-corrected chi connectivity index (χ0v) is 11.3. The third kappa shape index (κ3) is 2.41. The Morgan fingerprint density at radius 1 is 0.950 bits per heavy atom. The molecule has 0 unspecified atom stereocenters. The molecular formula is C18H15NO. The quantitative estimate of drug-likeness (QED) is 0.690. The summed E-state index contributed by atoms with van der Waals surface area (Å²) >= 11 is 0. The van der Waals surface area contributed by atoms with Crippen molar-refractivity contribution in [3.8, 4) is 11.3 Å². The highest BCUT2D eigenvalue weighted by molar-refractivity contribution is 5.80. The Bertz CT molecular complexity index is 784. The molecule has 0 N–H and O–H groups in total. The van der Waals surface area contributed by atoms with E-state index in [1.807, 2.05) is 42.1 Å². The molecule has 0 fully saturated rings. The van der Waals surface area contributed by atoms with Gasteiger partial charge in [0, 0.05) is 24.9 Å². The van der Waals surface area contributed by atoms with Gasteiger partial charge in [-0.1, -0.05) is 42.5 Å². The zero-order chi connectivity index (χ0) is 13.9. The minimum absolute atomic E-state index is 0.0392. The molecule has 2 heteroatoms. The molecule has 0 radical (unpaired) electrons. The minimum atomic E-state index is 0.0392. The van der Waals surface area contributed by atoms with Crippen LogP contribution in [0.15, 0.2) is 65.6 Å². The Hall–Kier alpha value is -2.61. The van der Waals surface area contributed by atoms with Gasteiger partial charge in [-0.25, -0.2) is 0 Å². The fraction of sp³-hybridized carbons (Fsp3) is 0.0556. The van der Waals surface area contributed by atoms with E-state index in [9.17, 15) is 4.79 Å². The number of hydrogen-bond donors (Lipinski definition) is 0. The standard InChI is InChI=1S/C18H15NO/c1-19-12-11-15(8-7-14-5-3-2-4-6-14)17-10-9-16(20)13-18(17)19/h2-13H,1H3/b8-7-. The molecule has 0 aromatic heterocycles. The number of pyridine rings is 1. The smallest absolute Gasteiger partial charge is 0.180 e. The molecule has 0 bridgehead atoms. The van der Waals surface area contributed by atoms with Gasteiger partial charge in [-0.3, -0.25) is 4.79 Å². The van der Waals surface area contributed by atoms with Gasteiger partial charge in [-0.05, 0) is 29.3 Å². The molecule has 1 heterocycles. The van der Waals surface area contributed by atoms with E-state index in [1.54, 1.807) is 12.1 Å². The highest BCUT2D eigenvalue weighted by Gasteiger charge is 2.07. The van der Waals surface area contributed by atoms with Crippen molar-refractivity contribution in [1.82, 2.24) is 4.57 Å². The van der Waals surface area contributed by atoms with Crippen molar-refractivity contribution >= 4 is 12.2 Å². The van der Waals surface area contributed by atoms with Crippen LogP contribution >= 0.6 is 0 Å². The molecule has 1 aromatic carbocycles. The molecule has 2 aliphatic rings. The molecule has 2 nitrogen and oxygen atoms in total. The van der Waals surface area contributed by atoms with E-state index >= 15 is 0 Å². The van der Waals surface area contributed by atoms with Gasteiger partial charge in [0.2, 0.25) is 0 Å². The van der Waals surface area contributed by atoms with Gasteiger partial charge >= 0.3 is 0 Å². The van der Waals surface area contributed by atoms with Gasteiger partial charge < -0.3 is 4.57 Å². The van der Waals surface area contributed by atoms with Crippen molar-refractivity contribution in [2.75, 3.05) is 0 Å². The zero-order valence-electron chi connectivity index (χ0n) is 11.3. The molecule has 0 spiro atoms. The second-order valence-electron chi connectivity index (χ2n) is 4.80. The highest BCUT2D eigenvalue weighted by Crippen LogP contribution is 2.25. The number of aromatic nitrogens is 1. The maximum absolute atomic E-state index is 11.5. The average molecular weight is 261 g/mol. The summed E-state index contributed by atoms with van der Waals surface area (Å²) in [6.45, 7) is 0. The average Bonchev–Trinajstić information content (AvgIpc) is 2.48. The molecule has 98 valence electrons. The number of nitrogens with zero attached hydrogens (tertiary/aromatic N) is 1. The summed E-state index contributed by atoms with van der Waals surface area (Å²) in [5.74, 6) is 0. The van der Waals surface area contributed by atoms with Crippen molar-refractivity contribution in [1.29, 1.82) is 0 Å². The first-order chi connectivity index (χ1) is 9.74. The van der Waals surface area contributed by atoms with Crippen LogP contribution in [0.5, 0.6) is 0 Å². The molecule has 1 aliphatic heterocycles. The first-order valence-electron chi connectivity index (χ1n) is 6.56. The van der Waals surface area contributed by atoms with Crippen LogP contribution in [0.4, 0.5) is 0 Å². The Balaban J connectivity index is 2.07. The van der Waals surface area contributed by atoms with Crippen LogP contribution in [0.25, 0.3) is 23.4 Å². The number of fused-ring (bicyclic) bond motifs is 1. The van der Waals surface area contributed by atoms with Crippen LogP contribution in [0.2, 0.25) is 0 Å². The van der Waals surface area contributed by atoms with Crippen molar-refractivity contribution < 1.29 is 0 Å². The molecule has 20 heavy (non-hydrogen) atoms. The van der Waals surface area contributed by atoms with Crippen LogP contribution in [0.3, 0.4) is 0 Å². The van der Waals surface area contributed by atoms with Crippen LogP contribution < -0.4 is 5.43 Å². The van der Waals surface area contributed by atoms with Crippen molar-refractivity contribution in [2.24, 2.45) is 7.05 Å². The largest absolute Gasteiger partial charge is 0.350 e. The van der Waals surface area contributed by atoms with E-state index in [2.05, 4.69) is 30.4 Å². The summed E-state index contributed by atoms with van der Waals surface area (Å²) in [6, 6.07) is 17.4. The summed E-state index contributed by atoms with van der Waals surface area (Å²) in [5.41, 5.74) is 4.35. The second-order valence-corrected chi connectivity index (χ2v) is 4.80. The monoisotopic (exact) mass is 261 g/mol. The highest BCUT2D eigenvalue weighted by atomic mass is 16.1. The van der Waals surface area contributed by atoms with Crippen LogP contribution in [0.1, 0.15) is 11.1 Å². The third-order valence-corrected chi connectivity index (χ3v) is 3.39. The van der Waals surface area contributed by atoms with Gasteiger partial charge in [-0.15, -0.1) is 0 Å². The van der Waals surface area contributed by atoms with Crippen molar-refractivity contribution in [3.05, 3.63) is 82.1 Å². The van der Waals surface area contributed by atoms with E-state index in [-0.39, 0.29) is 5.43 Å². The Morgan fingerprint density at radius 3 is 2.55 bits per heavy atom. The minimum Gasteiger partial charge on any atom is -0.350 e. The lowest BCUT2D eigenvalue weighted by Crippen LogP contribution is -2.05. The topological polar surface area (TPSA) is 22.0 Å². The number of rotatable bonds is 2. The van der Waals surface area contributed by atoms with Crippen molar-refractivity contribution in [2.45, 2.75) is 0 Å². The van der Waals surface area contributed by atoms with Gasteiger partial charge in [-0.2, -0.15) is 0 Å². The summed E-state index contributed by atoms with van der Waals surface area (Å²) in [5, 5.41) is 0. The van der Waals surface area contributed by atoms with Crippen LogP contribution in [-0.4, -0.2) is 4.57 Å². The maximum Gasteiger partial charge on any atom is 0.180 e. The number of benzene rings is 2. The van der Waals surface area contributed by atoms with Gasteiger partial charge in [0.25, 0.3) is 0 Å². The molecule has 1 aromatic rings. The van der Waals surface area contributed by atoms with E-state index in [4.69, 9.17) is 0 Å². The lowest BCUT2D eigenvalue weighted by Gasteiger charge is -2.13. The molecule has 3 rings (SSSR count). The van der Waals surface area contributed by atoms with Gasteiger partial charge in [0.1, 0.15) is 0 Å². The second kappa shape index (κ2) is 5.17. The summed E-state index contributed by atoms with van der Waals surface area (Å²) in [4.78, 5) is 11.5. The Labute approximate surface area is 118 Å². The SMILES string of the molecule is Cn1ccc(/C=C\c2ccccc2)c2ccc(=O)cc1-2. The first kappa shape index (κ1) is 12.4. The molecule has 0 saturated heterocycles. The lowest BCUT2D eigenvalue weighted by atomic mass is 10.0. The van der Waals surface area contributed by atoms with Gasteiger partial charge in [0.05, 0.1) is 5.69 Å².